The summed E-state index contributed by atoms with van der Waals surface area (Å²) < 4.78 is 0. The number of hydrogen-bond acceptors (Lipinski definition) is 0. The summed E-state index contributed by atoms with van der Waals surface area (Å²) in [6.07, 6.45) is 3.69. The Hall–Kier alpha value is -0.390. The first kappa shape index (κ1) is 12.7. The number of benzene rings is 1. The average molecular weight is 191 g/mol. The standard InChI is InChI=1S/C9H18B6/c10-13-4-7-1-8(5-14-11)3-9(2-7)6-15-12/h1-3,13-15H,4-6,10-12H2. The van der Waals surface area contributed by atoms with Gasteiger partial charge in [0.1, 0.15) is 0 Å². The van der Waals surface area contributed by atoms with Crippen molar-refractivity contribution in [3.8, 4) is 0 Å². The monoisotopic (exact) mass is 192 g/mol. The molecule has 0 fully saturated rings. The summed E-state index contributed by atoms with van der Waals surface area (Å²) in [5.41, 5.74) is 4.60. The van der Waals surface area contributed by atoms with Crippen molar-refractivity contribution in [3.05, 3.63) is 34.9 Å². The Bertz CT molecular complexity index is 241. The predicted molar refractivity (Wildman–Crippen MR) is 84.6 cm³/mol. The summed E-state index contributed by atoms with van der Waals surface area (Å²) in [6.45, 7) is 0. The van der Waals surface area contributed by atoms with E-state index < -0.39 is 0 Å². The van der Waals surface area contributed by atoms with Crippen LogP contribution in [0.1, 0.15) is 16.7 Å². The molecule has 0 radical (unpaired) electrons. The zero-order valence-corrected chi connectivity index (χ0v) is 10.5. The Morgan fingerprint density at radius 3 is 1.13 bits per heavy atom. The van der Waals surface area contributed by atoms with Gasteiger partial charge in [-0.2, -0.15) is 0 Å². The van der Waals surface area contributed by atoms with Crippen molar-refractivity contribution in [2.24, 2.45) is 0 Å². The molecule has 0 N–H and O–H groups in total. The average Bonchev–Trinajstić information content (AvgIpc) is 2.19. The van der Waals surface area contributed by atoms with E-state index in [1.165, 1.54) is 57.2 Å². The van der Waals surface area contributed by atoms with Crippen molar-refractivity contribution in [2.75, 3.05) is 0 Å². The molecular formula is C9H18B6. The zero-order valence-electron chi connectivity index (χ0n) is 10.5. The molecule has 0 aromatic heterocycles. The number of rotatable bonds is 6. The van der Waals surface area contributed by atoms with Gasteiger partial charge in [-0.05, 0) is 0 Å². The minimum atomic E-state index is 1.23. The van der Waals surface area contributed by atoms with Gasteiger partial charge in [-0.25, -0.2) is 0 Å². The first-order valence-corrected chi connectivity index (χ1v) is 6.41. The topological polar surface area (TPSA) is 0 Å². The molecule has 1 aromatic carbocycles. The van der Waals surface area contributed by atoms with Crippen molar-refractivity contribution in [1.29, 1.82) is 0 Å². The second-order valence-corrected chi connectivity index (χ2v) is 4.41. The molecule has 0 atom stereocenters. The molecule has 0 bridgehead atoms. The van der Waals surface area contributed by atoms with Crippen LogP contribution in [0.3, 0.4) is 0 Å². The summed E-state index contributed by atoms with van der Waals surface area (Å²) >= 11 is 0. The van der Waals surface area contributed by atoms with E-state index in [9.17, 15) is 0 Å². The van der Waals surface area contributed by atoms with Crippen LogP contribution in [-0.4, -0.2) is 44.7 Å². The van der Waals surface area contributed by atoms with Gasteiger partial charge in [0, 0.05) is 0 Å². The lowest BCUT2D eigenvalue weighted by Gasteiger charge is -2.08. The van der Waals surface area contributed by atoms with Crippen molar-refractivity contribution in [2.45, 2.75) is 19.0 Å². The molecule has 0 saturated heterocycles. The Labute approximate surface area is 98.9 Å². The van der Waals surface area contributed by atoms with Gasteiger partial charge in [0.2, 0.25) is 0 Å². The van der Waals surface area contributed by atoms with Gasteiger partial charge in [0.25, 0.3) is 0 Å². The summed E-state index contributed by atoms with van der Waals surface area (Å²) in [5, 5.41) is 0. The van der Waals surface area contributed by atoms with Crippen molar-refractivity contribution in [1.82, 2.24) is 0 Å². The first-order valence-electron chi connectivity index (χ1n) is 6.41. The van der Waals surface area contributed by atoms with E-state index in [2.05, 4.69) is 41.4 Å². The summed E-state index contributed by atoms with van der Waals surface area (Å²) in [6, 6.07) is 7.18. The lowest BCUT2D eigenvalue weighted by atomic mass is 9.50. The highest BCUT2D eigenvalue weighted by atomic mass is 14.0. The quantitative estimate of drug-likeness (QED) is 0.424. The lowest BCUT2D eigenvalue weighted by Crippen LogP contribution is -2.04. The second kappa shape index (κ2) is 6.98. The highest BCUT2D eigenvalue weighted by Crippen LogP contribution is 2.11. The van der Waals surface area contributed by atoms with E-state index >= 15 is 0 Å². The minimum Gasteiger partial charge on any atom is -0.0606 e. The van der Waals surface area contributed by atoms with Crippen LogP contribution in [0.25, 0.3) is 0 Å². The maximum Gasteiger partial charge on any atom is 0.0876 e. The Balaban J connectivity index is 2.86. The smallest absolute Gasteiger partial charge is 0.0606 e. The van der Waals surface area contributed by atoms with Gasteiger partial charge >= 0.3 is 0 Å². The Morgan fingerprint density at radius 2 is 0.933 bits per heavy atom. The molecule has 0 heterocycles. The van der Waals surface area contributed by atoms with E-state index in [1.54, 1.807) is 0 Å². The van der Waals surface area contributed by atoms with E-state index in [1.807, 2.05) is 0 Å². The third-order valence-corrected chi connectivity index (χ3v) is 2.73. The zero-order chi connectivity index (χ0) is 11.1. The van der Waals surface area contributed by atoms with Gasteiger partial charge in [-0.1, -0.05) is 53.8 Å². The van der Waals surface area contributed by atoms with Crippen LogP contribution >= 0.6 is 0 Å². The van der Waals surface area contributed by atoms with Crippen LogP contribution in [0, 0.1) is 0 Å². The first-order chi connectivity index (χ1) is 7.30. The summed E-state index contributed by atoms with van der Waals surface area (Å²) in [5.74, 6) is 0. The highest BCUT2D eigenvalue weighted by Gasteiger charge is 2.00. The second-order valence-electron chi connectivity index (χ2n) is 4.41. The van der Waals surface area contributed by atoms with Crippen molar-refractivity contribution < 1.29 is 0 Å². The van der Waals surface area contributed by atoms with Crippen LogP contribution < -0.4 is 0 Å². The molecule has 1 aromatic rings. The van der Waals surface area contributed by atoms with Crippen LogP contribution in [0.2, 0.25) is 0 Å². The normalized spacial score (nSPS) is 9.60. The molecule has 72 valence electrons. The highest BCUT2D eigenvalue weighted by molar-refractivity contribution is 6.89. The van der Waals surface area contributed by atoms with Crippen LogP contribution in [0.15, 0.2) is 18.2 Å². The Kier molecular flexibility index (Phi) is 5.90. The summed E-state index contributed by atoms with van der Waals surface area (Å²) in [4.78, 5) is 0. The molecule has 0 spiro atoms. The summed E-state index contributed by atoms with van der Waals surface area (Å²) in [7, 11) is 10.5. The molecule has 0 nitrogen and oxygen atoms in total. The predicted octanol–water partition coefficient (Wildman–Crippen LogP) is -2.86. The van der Waals surface area contributed by atoms with Crippen molar-refractivity contribution in [3.63, 3.8) is 0 Å². The van der Waals surface area contributed by atoms with Crippen LogP contribution in [-0.2, 0) is 19.0 Å². The molecule has 6 heteroatoms. The number of hydrogen-bond donors (Lipinski definition) is 0. The van der Waals surface area contributed by atoms with E-state index in [0.29, 0.717) is 0 Å². The molecule has 0 aliphatic carbocycles. The molecule has 0 saturated carbocycles. The van der Waals surface area contributed by atoms with Crippen LogP contribution in [0.5, 0.6) is 0 Å². The van der Waals surface area contributed by atoms with E-state index in [-0.39, 0.29) is 0 Å². The van der Waals surface area contributed by atoms with Gasteiger partial charge in [-0.15, -0.1) is 0 Å². The maximum absolute atomic E-state index is 2.40. The molecule has 0 amide bonds. The van der Waals surface area contributed by atoms with Gasteiger partial charge in [0.05, 0.1) is 44.7 Å². The molecule has 0 unspecified atom stereocenters. The van der Waals surface area contributed by atoms with Crippen LogP contribution in [0.4, 0.5) is 0 Å². The molecule has 0 aliphatic rings. The Morgan fingerprint density at radius 1 is 0.667 bits per heavy atom. The maximum atomic E-state index is 2.40. The molecule has 1 rings (SSSR count). The fraction of sp³-hybridized carbons (Fsp3) is 0.333. The van der Waals surface area contributed by atoms with E-state index in [4.69, 9.17) is 0 Å². The fourth-order valence-corrected chi connectivity index (χ4v) is 2.14. The van der Waals surface area contributed by atoms with Crippen molar-refractivity contribution >= 4 is 44.7 Å². The largest absolute Gasteiger partial charge is 0.0876 e. The van der Waals surface area contributed by atoms with Gasteiger partial charge in [-0.3, -0.25) is 0 Å². The van der Waals surface area contributed by atoms with E-state index in [0.717, 1.165) is 0 Å². The molecule has 15 heavy (non-hydrogen) atoms. The fourth-order valence-electron chi connectivity index (χ4n) is 2.14. The SMILES string of the molecule is BBCc1cc(CBB)cc(CBB)c1. The third kappa shape index (κ3) is 4.32. The lowest BCUT2D eigenvalue weighted by molar-refractivity contribution is 1.25. The van der Waals surface area contributed by atoms with Gasteiger partial charge < -0.3 is 0 Å². The molecule has 0 aliphatic heterocycles. The third-order valence-electron chi connectivity index (χ3n) is 2.73. The molecular weight excluding hydrogens is 173 g/mol. The minimum absolute atomic E-state index is 1.23. The van der Waals surface area contributed by atoms with Gasteiger partial charge in [0.15, 0.2) is 0 Å².